The molecule has 35 heavy (non-hydrogen) atoms. The van der Waals surface area contributed by atoms with Crippen LogP contribution in [0.1, 0.15) is 78.5 Å². The van der Waals surface area contributed by atoms with E-state index in [9.17, 15) is 0 Å². The van der Waals surface area contributed by atoms with E-state index in [4.69, 9.17) is 9.47 Å². The standard InChI is InChI=1S/C32H41NO2/c1-20(2)25-12-14-26(15-13-25)29-28-23(5)30(21(3)22(4)31(28)35-32(29,6)7)33(8)19-18-24-10-16-27(34-9)17-11-24/h10-17,20,29H,18-19H2,1-9H3. The van der Waals surface area contributed by atoms with Gasteiger partial charge in [0.05, 0.1) is 13.0 Å². The van der Waals surface area contributed by atoms with Gasteiger partial charge in [-0.05, 0) is 92.5 Å². The van der Waals surface area contributed by atoms with E-state index < -0.39 is 0 Å². The zero-order valence-corrected chi connectivity index (χ0v) is 23.0. The number of hydrogen-bond acceptors (Lipinski definition) is 3. The van der Waals surface area contributed by atoms with Gasteiger partial charge in [0.25, 0.3) is 0 Å². The third kappa shape index (κ3) is 4.66. The highest BCUT2D eigenvalue weighted by Gasteiger charge is 2.45. The van der Waals surface area contributed by atoms with Crippen LogP contribution in [-0.2, 0) is 6.42 Å². The molecule has 4 rings (SSSR count). The van der Waals surface area contributed by atoms with Crippen molar-refractivity contribution in [1.29, 1.82) is 0 Å². The fraction of sp³-hybridized carbons (Fsp3) is 0.438. The highest BCUT2D eigenvalue weighted by atomic mass is 16.5. The number of ether oxygens (including phenoxy) is 2. The van der Waals surface area contributed by atoms with Crippen LogP contribution < -0.4 is 14.4 Å². The lowest BCUT2D eigenvalue weighted by atomic mass is 9.78. The fourth-order valence-electron chi connectivity index (χ4n) is 5.69. The van der Waals surface area contributed by atoms with Crippen molar-refractivity contribution in [2.24, 2.45) is 0 Å². The summed E-state index contributed by atoms with van der Waals surface area (Å²) in [6.45, 7) is 16.6. The molecule has 0 fully saturated rings. The summed E-state index contributed by atoms with van der Waals surface area (Å²) >= 11 is 0. The Labute approximate surface area is 212 Å². The molecule has 1 heterocycles. The Balaban J connectivity index is 1.71. The van der Waals surface area contributed by atoms with Crippen molar-refractivity contribution < 1.29 is 9.47 Å². The average Bonchev–Trinajstić information content (AvgIpc) is 3.13. The Bertz CT molecular complexity index is 1190. The molecule has 1 aliphatic heterocycles. The molecular weight excluding hydrogens is 430 g/mol. The lowest BCUT2D eigenvalue weighted by Crippen LogP contribution is -2.31. The van der Waals surface area contributed by atoms with Crippen LogP contribution in [-0.4, -0.2) is 26.3 Å². The molecule has 186 valence electrons. The van der Waals surface area contributed by atoms with Crippen molar-refractivity contribution in [3.63, 3.8) is 0 Å². The van der Waals surface area contributed by atoms with E-state index in [0.717, 1.165) is 24.5 Å². The van der Waals surface area contributed by atoms with Gasteiger partial charge in [-0.25, -0.2) is 0 Å². The van der Waals surface area contributed by atoms with Gasteiger partial charge in [-0.3, -0.25) is 0 Å². The van der Waals surface area contributed by atoms with Gasteiger partial charge >= 0.3 is 0 Å². The van der Waals surface area contributed by atoms with Crippen LogP contribution in [0, 0.1) is 20.8 Å². The molecule has 0 bridgehead atoms. The van der Waals surface area contributed by atoms with E-state index in [1.807, 2.05) is 12.1 Å². The number of benzene rings is 3. The van der Waals surface area contributed by atoms with Crippen molar-refractivity contribution in [3.05, 3.63) is 87.5 Å². The Morgan fingerprint density at radius 2 is 1.54 bits per heavy atom. The van der Waals surface area contributed by atoms with Gasteiger partial charge in [0, 0.05) is 24.8 Å². The third-order valence-electron chi connectivity index (χ3n) is 7.82. The molecule has 1 atom stereocenters. The first-order valence-electron chi connectivity index (χ1n) is 12.8. The molecule has 0 aliphatic carbocycles. The van der Waals surface area contributed by atoms with E-state index in [2.05, 4.69) is 96.8 Å². The number of anilines is 1. The molecule has 0 radical (unpaired) electrons. The summed E-state index contributed by atoms with van der Waals surface area (Å²) in [7, 11) is 3.93. The quantitative estimate of drug-likeness (QED) is 0.352. The highest BCUT2D eigenvalue weighted by Crippen LogP contribution is 2.54. The van der Waals surface area contributed by atoms with Crippen LogP contribution in [0.2, 0.25) is 0 Å². The van der Waals surface area contributed by atoms with Gasteiger partial charge in [-0.2, -0.15) is 0 Å². The van der Waals surface area contributed by atoms with Gasteiger partial charge < -0.3 is 14.4 Å². The largest absolute Gasteiger partial charge is 0.497 e. The van der Waals surface area contributed by atoms with Crippen LogP contribution in [0.3, 0.4) is 0 Å². The smallest absolute Gasteiger partial charge is 0.127 e. The summed E-state index contributed by atoms with van der Waals surface area (Å²) in [6.07, 6.45) is 0.984. The number of nitrogens with zero attached hydrogens (tertiary/aromatic N) is 1. The molecule has 3 nitrogen and oxygen atoms in total. The summed E-state index contributed by atoms with van der Waals surface area (Å²) in [5.41, 5.74) is 10.3. The van der Waals surface area contributed by atoms with E-state index in [1.165, 1.54) is 44.6 Å². The first-order chi connectivity index (χ1) is 16.5. The molecule has 3 aromatic rings. The minimum atomic E-state index is -0.302. The van der Waals surface area contributed by atoms with Crippen molar-refractivity contribution in [3.8, 4) is 11.5 Å². The SMILES string of the molecule is COc1ccc(CCN(C)c2c(C)c(C)c3c(c2C)C(c2ccc(C(C)C)cc2)C(C)(C)O3)cc1. The summed E-state index contributed by atoms with van der Waals surface area (Å²) in [6, 6.07) is 17.6. The van der Waals surface area contributed by atoms with Crippen molar-refractivity contribution in [2.45, 2.75) is 72.3 Å². The maximum absolute atomic E-state index is 6.69. The molecule has 1 aliphatic rings. The van der Waals surface area contributed by atoms with Crippen LogP contribution in [0.5, 0.6) is 11.5 Å². The Hall–Kier alpha value is -2.94. The molecule has 1 unspecified atom stereocenters. The average molecular weight is 472 g/mol. The lowest BCUT2D eigenvalue weighted by Gasteiger charge is -2.29. The molecule has 0 spiro atoms. The topological polar surface area (TPSA) is 21.7 Å². The molecule has 0 amide bonds. The predicted octanol–water partition coefficient (Wildman–Crippen LogP) is 7.73. The summed E-state index contributed by atoms with van der Waals surface area (Å²) < 4.78 is 12.0. The summed E-state index contributed by atoms with van der Waals surface area (Å²) in [4.78, 5) is 2.42. The number of likely N-dealkylation sites (N-methyl/N-ethyl adjacent to an activating group) is 1. The monoisotopic (exact) mass is 471 g/mol. The summed E-state index contributed by atoms with van der Waals surface area (Å²) in [5, 5.41) is 0. The van der Waals surface area contributed by atoms with Gasteiger partial charge in [-0.1, -0.05) is 50.2 Å². The number of fused-ring (bicyclic) bond motifs is 1. The van der Waals surface area contributed by atoms with Crippen molar-refractivity contribution in [2.75, 3.05) is 25.6 Å². The molecule has 3 heteroatoms. The second-order valence-electron chi connectivity index (χ2n) is 10.9. The molecule has 0 N–H and O–H groups in total. The molecule has 0 saturated heterocycles. The molecule has 3 aromatic carbocycles. The predicted molar refractivity (Wildman–Crippen MR) is 148 cm³/mol. The van der Waals surface area contributed by atoms with E-state index in [1.54, 1.807) is 7.11 Å². The lowest BCUT2D eigenvalue weighted by molar-refractivity contribution is 0.121. The molecule has 0 saturated carbocycles. The number of rotatable bonds is 7. The Kier molecular flexibility index (Phi) is 6.90. The minimum absolute atomic E-state index is 0.201. The minimum Gasteiger partial charge on any atom is -0.497 e. The zero-order chi connectivity index (χ0) is 25.5. The van der Waals surface area contributed by atoms with E-state index >= 15 is 0 Å². The van der Waals surface area contributed by atoms with Gasteiger partial charge in [0.1, 0.15) is 17.1 Å². The maximum Gasteiger partial charge on any atom is 0.127 e. The van der Waals surface area contributed by atoms with Crippen LogP contribution in [0.4, 0.5) is 5.69 Å². The van der Waals surface area contributed by atoms with Crippen LogP contribution in [0.25, 0.3) is 0 Å². The highest BCUT2D eigenvalue weighted by molar-refractivity contribution is 5.71. The zero-order valence-electron chi connectivity index (χ0n) is 23.0. The van der Waals surface area contributed by atoms with E-state index in [0.29, 0.717) is 5.92 Å². The van der Waals surface area contributed by atoms with Crippen LogP contribution in [0.15, 0.2) is 48.5 Å². The Morgan fingerprint density at radius 3 is 2.11 bits per heavy atom. The molecule has 0 aromatic heterocycles. The van der Waals surface area contributed by atoms with Gasteiger partial charge in [0.15, 0.2) is 0 Å². The first kappa shape index (κ1) is 25.2. The van der Waals surface area contributed by atoms with Gasteiger partial charge in [0.2, 0.25) is 0 Å². The second kappa shape index (κ2) is 9.60. The van der Waals surface area contributed by atoms with E-state index in [-0.39, 0.29) is 11.5 Å². The summed E-state index contributed by atoms with van der Waals surface area (Å²) in [5.74, 6) is 2.71. The second-order valence-corrected chi connectivity index (χ2v) is 10.9. The van der Waals surface area contributed by atoms with Gasteiger partial charge in [-0.15, -0.1) is 0 Å². The van der Waals surface area contributed by atoms with Crippen LogP contribution >= 0.6 is 0 Å². The number of hydrogen-bond donors (Lipinski definition) is 0. The van der Waals surface area contributed by atoms with Crippen molar-refractivity contribution in [1.82, 2.24) is 0 Å². The third-order valence-corrected chi connectivity index (χ3v) is 7.82. The normalized spacial score (nSPS) is 16.2. The molecular formula is C32H41NO2. The Morgan fingerprint density at radius 1 is 0.914 bits per heavy atom. The maximum atomic E-state index is 6.69. The fourth-order valence-corrected chi connectivity index (χ4v) is 5.69. The first-order valence-corrected chi connectivity index (χ1v) is 12.8. The number of methoxy groups -OCH3 is 1. The van der Waals surface area contributed by atoms with Crippen molar-refractivity contribution >= 4 is 5.69 Å².